The molecule has 0 spiro atoms. The molecular formula is C13H21FN2. The molecular weight excluding hydrogens is 203 g/mol. The van der Waals surface area contributed by atoms with Gasteiger partial charge in [-0.15, -0.1) is 0 Å². The van der Waals surface area contributed by atoms with Crippen LogP contribution < -0.4 is 10.6 Å². The molecule has 1 atom stereocenters. The van der Waals surface area contributed by atoms with E-state index in [0.717, 1.165) is 31.6 Å². The van der Waals surface area contributed by atoms with Gasteiger partial charge in [0.15, 0.2) is 0 Å². The molecule has 0 heterocycles. The Kier molecular flexibility index (Phi) is 5.26. The molecule has 16 heavy (non-hydrogen) atoms. The van der Waals surface area contributed by atoms with Crippen LogP contribution in [0.25, 0.3) is 0 Å². The van der Waals surface area contributed by atoms with Gasteiger partial charge < -0.3 is 10.6 Å². The minimum Gasteiger partial charge on any atom is -0.374 e. The first-order valence-corrected chi connectivity index (χ1v) is 5.80. The highest BCUT2D eigenvalue weighted by Crippen LogP contribution is 2.16. The molecule has 1 aromatic rings. The number of nitrogens with two attached hydrogens (primary N) is 1. The molecule has 1 aromatic carbocycles. The number of halogens is 1. The van der Waals surface area contributed by atoms with Crippen molar-refractivity contribution in [3.63, 3.8) is 0 Å². The van der Waals surface area contributed by atoms with Crippen LogP contribution in [0.5, 0.6) is 0 Å². The highest BCUT2D eigenvalue weighted by atomic mass is 19.1. The van der Waals surface area contributed by atoms with Crippen LogP contribution in [-0.4, -0.2) is 20.1 Å². The van der Waals surface area contributed by atoms with Crippen molar-refractivity contribution >= 4 is 5.69 Å². The summed E-state index contributed by atoms with van der Waals surface area (Å²) in [6, 6.07) is 6.70. The van der Waals surface area contributed by atoms with Crippen molar-refractivity contribution in [2.24, 2.45) is 11.7 Å². The first-order chi connectivity index (χ1) is 7.63. The fourth-order valence-electron chi connectivity index (χ4n) is 1.84. The normalized spacial score (nSPS) is 12.5. The molecule has 0 aliphatic rings. The molecule has 0 bridgehead atoms. The Morgan fingerprint density at radius 2 is 2.19 bits per heavy atom. The molecule has 0 fully saturated rings. The molecule has 0 saturated heterocycles. The summed E-state index contributed by atoms with van der Waals surface area (Å²) < 4.78 is 13.0. The van der Waals surface area contributed by atoms with Gasteiger partial charge in [0.1, 0.15) is 5.82 Å². The van der Waals surface area contributed by atoms with E-state index in [-0.39, 0.29) is 5.82 Å². The molecule has 3 heteroatoms. The van der Waals surface area contributed by atoms with Crippen molar-refractivity contribution < 1.29 is 4.39 Å². The maximum Gasteiger partial charge on any atom is 0.125 e. The van der Waals surface area contributed by atoms with E-state index in [0.29, 0.717) is 5.92 Å². The molecule has 1 unspecified atom stereocenters. The largest absolute Gasteiger partial charge is 0.374 e. The molecule has 1 rings (SSSR count). The number of benzene rings is 1. The van der Waals surface area contributed by atoms with Crippen LogP contribution in [0.4, 0.5) is 10.1 Å². The fourth-order valence-corrected chi connectivity index (χ4v) is 1.84. The van der Waals surface area contributed by atoms with Gasteiger partial charge in [-0.25, -0.2) is 4.39 Å². The number of hydrogen-bond acceptors (Lipinski definition) is 2. The Bertz CT molecular complexity index is 315. The molecule has 0 aliphatic heterocycles. The van der Waals surface area contributed by atoms with E-state index >= 15 is 0 Å². The van der Waals surface area contributed by atoms with Gasteiger partial charge in [0.05, 0.1) is 0 Å². The predicted molar refractivity (Wildman–Crippen MR) is 67.1 cm³/mol. The Morgan fingerprint density at radius 3 is 2.81 bits per heavy atom. The Hall–Kier alpha value is -1.09. The minimum atomic E-state index is -0.182. The summed E-state index contributed by atoms with van der Waals surface area (Å²) in [5, 5.41) is 0. The van der Waals surface area contributed by atoms with Crippen LogP contribution in [0.15, 0.2) is 24.3 Å². The second kappa shape index (κ2) is 6.48. The van der Waals surface area contributed by atoms with Crippen molar-refractivity contribution in [3.05, 3.63) is 30.1 Å². The van der Waals surface area contributed by atoms with Gasteiger partial charge in [0, 0.05) is 19.3 Å². The first kappa shape index (κ1) is 13.0. The summed E-state index contributed by atoms with van der Waals surface area (Å²) >= 11 is 0. The maximum absolute atomic E-state index is 13.0. The minimum absolute atomic E-state index is 0.182. The van der Waals surface area contributed by atoms with Crippen molar-refractivity contribution in [1.29, 1.82) is 0 Å². The molecule has 0 aromatic heterocycles. The van der Waals surface area contributed by atoms with Crippen LogP contribution in [0.2, 0.25) is 0 Å². The molecule has 0 amide bonds. The van der Waals surface area contributed by atoms with E-state index in [2.05, 4.69) is 11.8 Å². The Labute approximate surface area is 97.3 Å². The summed E-state index contributed by atoms with van der Waals surface area (Å²) in [7, 11) is 1.99. The van der Waals surface area contributed by atoms with Gasteiger partial charge in [0.2, 0.25) is 0 Å². The highest BCUT2D eigenvalue weighted by molar-refractivity contribution is 5.45. The predicted octanol–water partition coefficient (Wildman–Crippen LogP) is 2.64. The van der Waals surface area contributed by atoms with Crippen molar-refractivity contribution in [2.45, 2.75) is 19.8 Å². The standard InChI is InChI=1S/C13H21FN2/c1-11(5-4-8-15)10-16(2)13-7-3-6-12(14)9-13/h3,6-7,9,11H,4-5,8,10,15H2,1-2H3. The molecule has 2 nitrogen and oxygen atoms in total. The fraction of sp³-hybridized carbons (Fsp3) is 0.538. The Balaban J connectivity index is 2.48. The third-order valence-corrected chi connectivity index (χ3v) is 2.74. The summed E-state index contributed by atoms with van der Waals surface area (Å²) in [5.41, 5.74) is 6.41. The van der Waals surface area contributed by atoms with Crippen molar-refractivity contribution in [3.8, 4) is 0 Å². The smallest absolute Gasteiger partial charge is 0.125 e. The van der Waals surface area contributed by atoms with E-state index in [4.69, 9.17) is 5.73 Å². The van der Waals surface area contributed by atoms with Crippen LogP contribution in [0, 0.1) is 11.7 Å². The van der Waals surface area contributed by atoms with E-state index in [1.807, 2.05) is 13.1 Å². The lowest BCUT2D eigenvalue weighted by atomic mass is 10.1. The van der Waals surface area contributed by atoms with E-state index in [9.17, 15) is 4.39 Å². The van der Waals surface area contributed by atoms with Gasteiger partial charge in [-0.1, -0.05) is 13.0 Å². The Morgan fingerprint density at radius 1 is 1.44 bits per heavy atom. The zero-order valence-corrected chi connectivity index (χ0v) is 10.1. The second-order valence-corrected chi connectivity index (χ2v) is 4.40. The monoisotopic (exact) mass is 224 g/mol. The van der Waals surface area contributed by atoms with Crippen LogP contribution >= 0.6 is 0 Å². The summed E-state index contributed by atoms with van der Waals surface area (Å²) in [4.78, 5) is 2.09. The molecule has 2 N–H and O–H groups in total. The zero-order chi connectivity index (χ0) is 12.0. The summed E-state index contributed by atoms with van der Waals surface area (Å²) in [6.45, 7) is 3.88. The quantitative estimate of drug-likeness (QED) is 0.805. The average molecular weight is 224 g/mol. The van der Waals surface area contributed by atoms with Gasteiger partial charge in [-0.2, -0.15) is 0 Å². The molecule has 0 radical (unpaired) electrons. The van der Waals surface area contributed by atoms with E-state index < -0.39 is 0 Å². The number of anilines is 1. The SMILES string of the molecule is CC(CCCN)CN(C)c1cccc(F)c1. The highest BCUT2D eigenvalue weighted by Gasteiger charge is 2.07. The molecule has 0 saturated carbocycles. The number of hydrogen-bond donors (Lipinski definition) is 1. The lowest BCUT2D eigenvalue weighted by Gasteiger charge is -2.23. The van der Waals surface area contributed by atoms with Crippen LogP contribution in [0.1, 0.15) is 19.8 Å². The summed E-state index contributed by atoms with van der Waals surface area (Å²) in [6.07, 6.45) is 2.17. The maximum atomic E-state index is 13.0. The number of nitrogens with zero attached hydrogens (tertiary/aromatic N) is 1. The zero-order valence-electron chi connectivity index (χ0n) is 10.1. The third kappa shape index (κ3) is 4.19. The van der Waals surface area contributed by atoms with Gasteiger partial charge in [-0.3, -0.25) is 0 Å². The topological polar surface area (TPSA) is 29.3 Å². The number of rotatable bonds is 6. The first-order valence-electron chi connectivity index (χ1n) is 5.80. The van der Waals surface area contributed by atoms with Crippen molar-refractivity contribution in [1.82, 2.24) is 0 Å². The summed E-state index contributed by atoms with van der Waals surface area (Å²) in [5.74, 6) is 0.399. The lowest BCUT2D eigenvalue weighted by molar-refractivity contribution is 0.514. The van der Waals surface area contributed by atoms with Gasteiger partial charge in [0.25, 0.3) is 0 Å². The lowest BCUT2D eigenvalue weighted by Crippen LogP contribution is -2.24. The molecule has 90 valence electrons. The van der Waals surface area contributed by atoms with Crippen molar-refractivity contribution in [2.75, 3.05) is 25.0 Å². The third-order valence-electron chi connectivity index (χ3n) is 2.74. The van der Waals surface area contributed by atoms with Gasteiger partial charge >= 0.3 is 0 Å². The second-order valence-electron chi connectivity index (χ2n) is 4.40. The van der Waals surface area contributed by atoms with Gasteiger partial charge in [-0.05, 0) is 43.5 Å². The van der Waals surface area contributed by atoms with E-state index in [1.165, 1.54) is 6.07 Å². The van der Waals surface area contributed by atoms with E-state index in [1.54, 1.807) is 12.1 Å². The average Bonchev–Trinajstić information content (AvgIpc) is 2.26. The van der Waals surface area contributed by atoms with Crippen LogP contribution in [-0.2, 0) is 0 Å². The van der Waals surface area contributed by atoms with Crippen LogP contribution in [0.3, 0.4) is 0 Å². The molecule has 0 aliphatic carbocycles.